The summed E-state index contributed by atoms with van der Waals surface area (Å²) in [7, 11) is 0. The number of amides is 1. The molecule has 3 aromatic rings. The molecule has 0 bridgehead atoms. The Balaban J connectivity index is 1.76. The Labute approximate surface area is 162 Å². The number of rotatable bonds is 5. The molecule has 3 rings (SSSR count). The molecule has 0 radical (unpaired) electrons. The number of benzene rings is 2. The lowest BCUT2D eigenvalue weighted by Gasteiger charge is -2.16. The second kappa shape index (κ2) is 8.17. The molecule has 0 fully saturated rings. The van der Waals surface area contributed by atoms with Crippen LogP contribution in [0.25, 0.3) is 5.69 Å². The summed E-state index contributed by atoms with van der Waals surface area (Å²) < 4.78 is 14.2. The van der Waals surface area contributed by atoms with Crippen LogP contribution in [-0.2, 0) is 6.42 Å². The Bertz CT molecular complexity index is 1060. The summed E-state index contributed by atoms with van der Waals surface area (Å²) in [5, 5.41) is 7.05. The van der Waals surface area contributed by atoms with Crippen molar-refractivity contribution in [2.45, 2.75) is 33.2 Å². The third kappa shape index (κ3) is 4.52. The van der Waals surface area contributed by atoms with Crippen LogP contribution >= 0.6 is 0 Å². The second-order valence-corrected chi connectivity index (χ2v) is 6.95. The number of hydrogen-bond acceptors (Lipinski definition) is 3. The molecule has 1 amide bonds. The monoisotopic (exact) mass is 379 g/mol. The zero-order chi connectivity index (χ0) is 20.3. The topological polar surface area (TPSA) is 64.0 Å². The minimum atomic E-state index is -0.411. The minimum absolute atomic E-state index is 0.109. The quantitative estimate of drug-likeness (QED) is 0.739. The molecule has 0 saturated carbocycles. The summed E-state index contributed by atoms with van der Waals surface area (Å²) in [6.07, 6.45) is 0.690. The number of halogens is 1. The van der Waals surface area contributed by atoms with Crippen molar-refractivity contribution in [1.82, 2.24) is 15.1 Å². The van der Waals surface area contributed by atoms with Crippen molar-refractivity contribution in [2.75, 3.05) is 0 Å². The lowest BCUT2D eigenvalue weighted by Crippen LogP contribution is -2.36. The van der Waals surface area contributed by atoms with Crippen LogP contribution in [0.15, 0.2) is 59.4 Å². The average molecular weight is 379 g/mol. The van der Waals surface area contributed by atoms with Gasteiger partial charge in [-0.2, -0.15) is 9.78 Å². The summed E-state index contributed by atoms with van der Waals surface area (Å²) in [6.45, 7) is 6.02. The zero-order valence-corrected chi connectivity index (χ0v) is 16.1. The molecule has 0 aliphatic heterocycles. The number of nitrogens with one attached hydrogen (secondary N) is 1. The van der Waals surface area contributed by atoms with Gasteiger partial charge in [0.25, 0.3) is 11.5 Å². The Morgan fingerprint density at radius 2 is 1.82 bits per heavy atom. The van der Waals surface area contributed by atoms with Crippen LogP contribution in [0.5, 0.6) is 0 Å². The second-order valence-electron chi connectivity index (χ2n) is 6.95. The number of carbonyl (C=O) groups is 1. The van der Waals surface area contributed by atoms with Gasteiger partial charge in [0, 0.05) is 12.1 Å². The molecule has 1 unspecified atom stereocenters. The number of nitrogens with zero attached hydrogens (tertiary/aromatic N) is 2. The first-order chi connectivity index (χ1) is 13.3. The number of aromatic nitrogens is 2. The Hall–Kier alpha value is -3.28. The van der Waals surface area contributed by atoms with Gasteiger partial charge in [-0.15, -0.1) is 0 Å². The predicted octanol–water partition coefficient (Wildman–Crippen LogP) is 3.35. The largest absolute Gasteiger partial charge is 0.348 e. The maximum absolute atomic E-state index is 13.1. The molecule has 28 heavy (non-hydrogen) atoms. The summed E-state index contributed by atoms with van der Waals surface area (Å²) in [4.78, 5) is 24.7. The summed E-state index contributed by atoms with van der Waals surface area (Å²) in [6, 6.07) is 14.2. The Morgan fingerprint density at radius 1 is 1.11 bits per heavy atom. The lowest BCUT2D eigenvalue weighted by atomic mass is 10.00. The molecule has 0 aliphatic carbocycles. The average Bonchev–Trinajstić information content (AvgIpc) is 2.65. The molecular weight excluding hydrogens is 357 g/mol. The fourth-order valence-corrected chi connectivity index (χ4v) is 3.05. The molecule has 0 aliphatic rings. The molecule has 0 saturated heterocycles. The van der Waals surface area contributed by atoms with Gasteiger partial charge in [-0.1, -0.05) is 23.8 Å². The molecule has 1 heterocycles. The van der Waals surface area contributed by atoms with Crippen LogP contribution in [0, 0.1) is 19.7 Å². The molecule has 1 aromatic heterocycles. The number of aryl methyl sites for hydroxylation is 2. The highest BCUT2D eigenvalue weighted by molar-refractivity contribution is 5.92. The van der Waals surface area contributed by atoms with Crippen molar-refractivity contribution >= 4 is 5.91 Å². The number of hydrogen-bond donors (Lipinski definition) is 1. The van der Waals surface area contributed by atoms with Crippen molar-refractivity contribution in [3.8, 4) is 5.69 Å². The highest BCUT2D eigenvalue weighted by atomic mass is 19.1. The molecule has 2 aromatic carbocycles. The molecule has 1 atom stereocenters. The van der Waals surface area contributed by atoms with E-state index in [9.17, 15) is 14.0 Å². The maximum Gasteiger partial charge on any atom is 0.271 e. The molecule has 144 valence electrons. The van der Waals surface area contributed by atoms with Gasteiger partial charge in [-0.3, -0.25) is 9.59 Å². The van der Waals surface area contributed by atoms with E-state index in [4.69, 9.17) is 0 Å². The fraction of sp³-hybridized carbons (Fsp3) is 0.227. The SMILES string of the molecule is Cc1ccc(CC(C)NC(=O)c2ccc(=O)n(-c3ccc(F)cc3)n2)c(C)c1. The lowest BCUT2D eigenvalue weighted by molar-refractivity contribution is 0.0933. The molecular formula is C22H22FN3O2. The van der Waals surface area contributed by atoms with Gasteiger partial charge in [0.1, 0.15) is 11.5 Å². The van der Waals surface area contributed by atoms with Gasteiger partial charge < -0.3 is 5.32 Å². The maximum atomic E-state index is 13.1. The first kappa shape index (κ1) is 19.5. The minimum Gasteiger partial charge on any atom is -0.348 e. The van der Waals surface area contributed by atoms with Crippen molar-refractivity contribution in [3.05, 3.63) is 93.2 Å². The third-order valence-electron chi connectivity index (χ3n) is 4.51. The van der Waals surface area contributed by atoms with E-state index >= 15 is 0 Å². The van der Waals surface area contributed by atoms with E-state index in [1.807, 2.05) is 13.8 Å². The Morgan fingerprint density at radius 3 is 2.50 bits per heavy atom. The van der Waals surface area contributed by atoms with Gasteiger partial charge in [0.05, 0.1) is 5.69 Å². The van der Waals surface area contributed by atoms with Gasteiger partial charge >= 0.3 is 0 Å². The van der Waals surface area contributed by atoms with Gasteiger partial charge in [0.2, 0.25) is 0 Å². The molecule has 5 nitrogen and oxygen atoms in total. The normalized spacial score (nSPS) is 11.9. The van der Waals surface area contributed by atoms with Crippen LogP contribution in [-0.4, -0.2) is 21.7 Å². The van der Waals surface area contributed by atoms with E-state index in [-0.39, 0.29) is 17.6 Å². The summed E-state index contributed by atoms with van der Waals surface area (Å²) >= 11 is 0. The number of carbonyl (C=O) groups excluding carboxylic acids is 1. The van der Waals surface area contributed by atoms with Crippen molar-refractivity contribution in [1.29, 1.82) is 0 Å². The third-order valence-corrected chi connectivity index (χ3v) is 4.51. The van der Waals surface area contributed by atoms with Crippen LogP contribution in [0.4, 0.5) is 4.39 Å². The molecule has 0 spiro atoms. The van der Waals surface area contributed by atoms with Crippen molar-refractivity contribution in [2.24, 2.45) is 0 Å². The first-order valence-electron chi connectivity index (χ1n) is 9.07. The van der Waals surface area contributed by atoms with E-state index in [0.29, 0.717) is 12.1 Å². The van der Waals surface area contributed by atoms with Crippen LogP contribution in [0.2, 0.25) is 0 Å². The van der Waals surface area contributed by atoms with Crippen LogP contribution < -0.4 is 10.9 Å². The highest BCUT2D eigenvalue weighted by Crippen LogP contribution is 2.13. The highest BCUT2D eigenvalue weighted by Gasteiger charge is 2.14. The zero-order valence-electron chi connectivity index (χ0n) is 16.1. The smallest absolute Gasteiger partial charge is 0.271 e. The van der Waals surface area contributed by atoms with Crippen molar-refractivity contribution in [3.63, 3.8) is 0 Å². The molecule has 6 heteroatoms. The van der Waals surface area contributed by atoms with E-state index in [1.165, 1.54) is 53.1 Å². The standard InChI is InChI=1S/C22H22FN3O2/c1-14-4-5-17(15(2)12-14)13-16(3)24-22(28)20-10-11-21(27)26(25-20)19-8-6-18(23)7-9-19/h4-12,16H,13H2,1-3H3,(H,24,28). The summed E-state index contributed by atoms with van der Waals surface area (Å²) in [5.41, 5.74) is 3.67. The first-order valence-corrected chi connectivity index (χ1v) is 9.07. The van der Waals surface area contributed by atoms with E-state index in [2.05, 4.69) is 35.5 Å². The van der Waals surface area contributed by atoms with E-state index < -0.39 is 11.4 Å². The van der Waals surface area contributed by atoms with Gasteiger partial charge in [-0.05, 0) is 68.7 Å². The summed E-state index contributed by atoms with van der Waals surface area (Å²) in [5.74, 6) is -0.779. The van der Waals surface area contributed by atoms with Gasteiger partial charge in [-0.25, -0.2) is 4.39 Å². The fourth-order valence-electron chi connectivity index (χ4n) is 3.05. The molecule has 1 N–H and O–H groups in total. The predicted molar refractivity (Wildman–Crippen MR) is 106 cm³/mol. The van der Waals surface area contributed by atoms with Crippen molar-refractivity contribution < 1.29 is 9.18 Å². The van der Waals surface area contributed by atoms with Gasteiger partial charge in [0.15, 0.2) is 0 Å². The van der Waals surface area contributed by atoms with E-state index in [1.54, 1.807) is 0 Å². The van der Waals surface area contributed by atoms with Crippen LogP contribution in [0.3, 0.4) is 0 Å². The van der Waals surface area contributed by atoms with Crippen LogP contribution in [0.1, 0.15) is 34.1 Å². The van der Waals surface area contributed by atoms with E-state index in [0.717, 1.165) is 4.68 Å². The Kier molecular flexibility index (Phi) is 5.68.